The quantitative estimate of drug-likeness (QED) is 0.334. The van der Waals surface area contributed by atoms with Gasteiger partial charge in [0.25, 0.3) is 5.91 Å². The molecular formula is C33H40N6O3. The number of amides is 1. The van der Waals surface area contributed by atoms with Gasteiger partial charge in [0.1, 0.15) is 5.52 Å². The molecule has 2 N–H and O–H groups in total. The zero-order valence-corrected chi connectivity index (χ0v) is 24.8. The van der Waals surface area contributed by atoms with Crippen LogP contribution in [0.5, 0.6) is 0 Å². The number of aromatic nitrogens is 3. The van der Waals surface area contributed by atoms with Gasteiger partial charge in [-0.05, 0) is 66.8 Å². The van der Waals surface area contributed by atoms with Gasteiger partial charge in [0.05, 0.1) is 31.2 Å². The van der Waals surface area contributed by atoms with Crippen molar-refractivity contribution in [3.05, 3.63) is 71.0 Å². The molecular weight excluding hydrogens is 528 g/mol. The molecule has 1 amide bonds. The Morgan fingerprint density at radius 3 is 2.62 bits per heavy atom. The van der Waals surface area contributed by atoms with Crippen LogP contribution < -0.4 is 0 Å². The van der Waals surface area contributed by atoms with Crippen LogP contribution in [0.25, 0.3) is 33.5 Å². The van der Waals surface area contributed by atoms with Crippen LogP contribution in [0.2, 0.25) is 0 Å². The second-order valence-electron chi connectivity index (χ2n) is 11.7. The van der Waals surface area contributed by atoms with E-state index in [1.807, 2.05) is 36.7 Å². The lowest BCUT2D eigenvalue weighted by molar-refractivity contribution is 0.0326. The molecule has 1 atom stereocenters. The van der Waals surface area contributed by atoms with Crippen molar-refractivity contribution in [3.8, 4) is 22.4 Å². The van der Waals surface area contributed by atoms with Gasteiger partial charge in [0, 0.05) is 75.7 Å². The molecule has 0 spiro atoms. The molecule has 2 aliphatic rings. The van der Waals surface area contributed by atoms with Crippen molar-refractivity contribution in [2.24, 2.45) is 0 Å². The van der Waals surface area contributed by atoms with E-state index in [2.05, 4.69) is 33.8 Å². The number of carbonyl (C=O) groups is 1. The monoisotopic (exact) mass is 568 g/mol. The molecule has 0 unspecified atom stereocenters. The molecule has 9 nitrogen and oxygen atoms in total. The third-order valence-corrected chi connectivity index (χ3v) is 8.48. The number of nitrogens with one attached hydrogen (secondary N) is 1. The third kappa shape index (κ3) is 6.10. The van der Waals surface area contributed by atoms with E-state index >= 15 is 0 Å². The van der Waals surface area contributed by atoms with Gasteiger partial charge in [-0.15, -0.1) is 0 Å². The van der Waals surface area contributed by atoms with Crippen LogP contribution in [0.15, 0.2) is 48.8 Å². The maximum atomic E-state index is 12.7. The van der Waals surface area contributed by atoms with Gasteiger partial charge in [-0.25, -0.2) is 9.97 Å². The highest BCUT2D eigenvalue weighted by Crippen LogP contribution is 2.32. The normalized spacial score (nSPS) is 16.9. The van der Waals surface area contributed by atoms with Gasteiger partial charge in [0.15, 0.2) is 5.65 Å². The minimum absolute atomic E-state index is 0.120. The van der Waals surface area contributed by atoms with Crippen LogP contribution in [-0.2, 0) is 17.7 Å². The lowest BCUT2D eigenvalue weighted by Crippen LogP contribution is -2.42. The van der Waals surface area contributed by atoms with E-state index in [4.69, 9.17) is 14.7 Å². The van der Waals surface area contributed by atoms with E-state index < -0.39 is 6.10 Å². The van der Waals surface area contributed by atoms with Gasteiger partial charge >= 0.3 is 0 Å². The highest BCUT2D eigenvalue weighted by atomic mass is 16.5. The number of aliphatic hydroxyl groups excluding tert-OH is 1. The molecule has 0 saturated carbocycles. The molecule has 1 saturated heterocycles. The molecule has 4 aromatic rings. The number of hydrogen-bond donors (Lipinski definition) is 2. The molecule has 2 aromatic carbocycles. The van der Waals surface area contributed by atoms with Crippen LogP contribution in [0.4, 0.5) is 0 Å². The number of aryl methyl sites for hydroxylation is 1. The second kappa shape index (κ2) is 12.3. The summed E-state index contributed by atoms with van der Waals surface area (Å²) in [6, 6.07) is 12.1. The fraction of sp³-hybridized carbons (Fsp3) is 0.424. The Morgan fingerprint density at radius 1 is 1.10 bits per heavy atom. The first-order valence-corrected chi connectivity index (χ1v) is 14.9. The maximum Gasteiger partial charge on any atom is 0.253 e. The van der Waals surface area contributed by atoms with E-state index in [9.17, 15) is 9.90 Å². The predicted molar refractivity (Wildman–Crippen MR) is 164 cm³/mol. The molecule has 2 aliphatic heterocycles. The fourth-order valence-corrected chi connectivity index (χ4v) is 6.17. The highest BCUT2D eigenvalue weighted by Gasteiger charge is 2.21. The Balaban J connectivity index is 1.22. The standard InChI is InChI=1S/C33H40N6O3/c1-22-16-26(17-27-21-39(9-8-28(22)27)11-10-38-12-14-42-15-13-38)30-19-35-32-31(36-30)29(18-34-32)24-4-6-25(7-5-24)33(41)37(3)20-23(2)40/h4-7,16-19,23,40H,8-15,20-21H2,1-3H3,(H,34,35)/t23-/m0/s1. The Labute approximate surface area is 247 Å². The smallest absolute Gasteiger partial charge is 0.253 e. The lowest BCUT2D eigenvalue weighted by atomic mass is 9.92. The number of benzene rings is 2. The van der Waals surface area contributed by atoms with E-state index in [1.165, 1.54) is 21.6 Å². The van der Waals surface area contributed by atoms with E-state index in [1.54, 1.807) is 14.0 Å². The van der Waals surface area contributed by atoms with Crippen LogP contribution in [0, 0.1) is 6.92 Å². The number of H-pyrrole nitrogens is 1. The number of nitrogens with zero attached hydrogens (tertiary/aromatic N) is 5. The molecule has 42 heavy (non-hydrogen) atoms. The molecule has 9 heteroatoms. The van der Waals surface area contributed by atoms with Crippen LogP contribution in [0.1, 0.15) is 34.0 Å². The van der Waals surface area contributed by atoms with Gasteiger partial charge in [-0.3, -0.25) is 14.6 Å². The molecule has 0 radical (unpaired) electrons. The molecule has 4 heterocycles. The summed E-state index contributed by atoms with van der Waals surface area (Å²) in [5.41, 5.74) is 10.1. The minimum atomic E-state index is -0.574. The summed E-state index contributed by atoms with van der Waals surface area (Å²) in [7, 11) is 1.70. The SMILES string of the molecule is Cc1cc(-c2cnc3[nH]cc(-c4ccc(C(=O)N(C)C[C@H](C)O)cc4)c3n2)cc2c1CCN(CCN1CCOCC1)C2. The Hall–Kier alpha value is -3.63. The lowest BCUT2D eigenvalue weighted by Gasteiger charge is -2.33. The van der Waals surface area contributed by atoms with Crippen molar-refractivity contribution >= 4 is 17.1 Å². The Morgan fingerprint density at radius 2 is 1.86 bits per heavy atom. The fourth-order valence-electron chi connectivity index (χ4n) is 6.17. The number of fused-ring (bicyclic) bond motifs is 2. The zero-order valence-electron chi connectivity index (χ0n) is 24.8. The summed E-state index contributed by atoms with van der Waals surface area (Å²) >= 11 is 0. The average molecular weight is 569 g/mol. The average Bonchev–Trinajstić information content (AvgIpc) is 3.43. The molecule has 1 fully saturated rings. The molecule has 0 bridgehead atoms. The number of morpholine rings is 1. The zero-order chi connectivity index (χ0) is 29.2. The van der Waals surface area contributed by atoms with E-state index in [0.29, 0.717) is 5.56 Å². The maximum absolute atomic E-state index is 12.7. The molecule has 2 aromatic heterocycles. The summed E-state index contributed by atoms with van der Waals surface area (Å²) in [5, 5.41) is 9.63. The number of carbonyl (C=O) groups excluding carboxylic acids is 1. The van der Waals surface area contributed by atoms with Gasteiger partial charge in [-0.1, -0.05) is 12.1 Å². The summed E-state index contributed by atoms with van der Waals surface area (Å²) in [6.07, 6.45) is 4.28. The first kappa shape index (κ1) is 28.5. The first-order valence-electron chi connectivity index (χ1n) is 14.9. The van der Waals surface area contributed by atoms with Crippen LogP contribution in [-0.4, -0.2) is 106 Å². The van der Waals surface area contributed by atoms with Crippen molar-refractivity contribution < 1.29 is 14.6 Å². The van der Waals surface area contributed by atoms with Crippen molar-refractivity contribution in [3.63, 3.8) is 0 Å². The van der Waals surface area contributed by atoms with Crippen molar-refractivity contribution in [1.82, 2.24) is 29.7 Å². The second-order valence-corrected chi connectivity index (χ2v) is 11.7. The Kier molecular flexibility index (Phi) is 8.35. The van der Waals surface area contributed by atoms with Crippen LogP contribution in [0.3, 0.4) is 0 Å². The highest BCUT2D eigenvalue weighted by molar-refractivity contribution is 5.96. The first-order chi connectivity index (χ1) is 20.4. The van der Waals surface area contributed by atoms with Gasteiger partial charge < -0.3 is 19.7 Å². The Bertz CT molecular complexity index is 1560. The van der Waals surface area contributed by atoms with Crippen LogP contribution >= 0.6 is 0 Å². The summed E-state index contributed by atoms with van der Waals surface area (Å²) in [4.78, 5) is 32.4. The largest absolute Gasteiger partial charge is 0.392 e. The molecule has 0 aliphatic carbocycles. The minimum Gasteiger partial charge on any atom is -0.392 e. The number of hydrogen-bond acceptors (Lipinski definition) is 7. The third-order valence-electron chi connectivity index (χ3n) is 8.48. The molecule has 220 valence electrons. The van der Waals surface area contributed by atoms with Gasteiger partial charge in [-0.2, -0.15) is 0 Å². The number of likely N-dealkylation sites (N-methyl/N-ethyl adjacent to an activating group) is 1. The van der Waals surface area contributed by atoms with Crippen molar-refractivity contribution in [2.45, 2.75) is 32.9 Å². The summed E-state index contributed by atoms with van der Waals surface area (Å²) < 4.78 is 5.50. The number of aromatic amines is 1. The number of rotatable bonds is 8. The van der Waals surface area contributed by atoms with E-state index in [0.717, 1.165) is 92.5 Å². The summed E-state index contributed by atoms with van der Waals surface area (Å²) in [5.74, 6) is -0.120. The topological polar surface area (TPSA) is 97.8 Å². The summed E-state index contributed by atoms with van der Waals surface area (Å²) in [6.45, 7) is 12.1. The van der Waals surface area contributed by atoms with E-state index in [-0.39, 0.29) is 12.5 Å². The number of ether oxygens (including phenoxy) is 1. The van der Waals surface area contributed by atoms with Crippen molar-refractivity contribution in [2.75, 3.05) is 59.5 Å². The van der Waals surface area contributed by atoms with Crippen molar-refractivity contribution in [1.29, 1.82) is 0 Å². The predicted octanol–water partition coefficient (Wildman–Crippen LogP) is 3.74. The number of aliphatic hydroxyl groups is 1. The van der Waals surface area contributed by atoms with Gasteiger partial charge in [0.2, 0.25) is 0 Å². The molecule has 6 rings (SSSR count).